The first-order valence-corrected chi connectivity index (χ1v) is 10.3. The number of rotatable bonds is 4. The van der Waals surface area contributed by atoms with Gasteiger partial charge >= 0.3 is 0 Å². The summed E-state index contributed by atoms with van der Waals surface area (Å²) in [5, 5.41) is 4.04. The number of primary amides is 1. The SMILES string of the molecule is NC(=O)c1ncc(N[C@@H]2CSCC[C@@H]2N)nc1C1=Cc2c(Cl)cccc2C1.O.O. The number of nitrogens with one attached hydrogen (secondary N) is 1. The van der Waals surface area contributed by atoms with Crippen LogP contribution in [0, 0.1) is 0 Å². The van der Waals surface area contributed by atoms with Crippen molar-refractivity contribution in [3.63, 3.8) is 0 Å². The third-order valence-electron chi connectivity index (χ3n) is 4.90. The smallest absolute Gasteiger partial charge is 0.269 e. The molecule has 1 aliphatic heterocycles. The monoisotopic (exact) mass is 437 g/mol. The fourth-order valence-corrected chi connectivity index (χ4v) is 4.87. The number of hydrogen-bond donors (Lipinski definition) is 3. The summed E-state index contributed by atoms with van der Waals surface area (Å²) in [4.78, 5) is 20.8. The molecule has 156 valence electrons. The van der Waals surface area contributed by atoms with Gasteiger partial charge in [-0.15, -0.1) is 0 Å². The predicted octanol–water partition coefficient (Wildman–Crippen LogP) is 0.921. The van der Waals surface area contributed by atoms with Crippen LogP contribution in [-0.4, -0.2) is 50.4 Å². The first-order valence-electron chi connectivity index (χ1n) is 8.78. The number of aromatic nitrogens is 2. The van der Waals surface area contributed by atoms with Gasteiger partial charge in [0.2, 0.25) is 0 Å². The molecule has 10 heteroatoms. The molecule has 2 atom stereocenters. The molecule has 2 heterocycles. The summed E-state index contributed by atoms with van der Waals surface area (Å²) < 4.78 is 0. The maximum atomic E-state index is 11.9. The van der Waals surface area contributed by atoms with E-state index in [0.29, 0.717) is 23.0 Å². The van der Waals surface area contributed by atoms with Gasteiger partial charge in [0.05, 0.1) is 12.2 Å². The average Bonchev–Trinajstić information content (AvgIpc) is 3.09. The summed E-state index contributed by atoms with van der Waals surface area (Å²) in [6, 6.07) is 5.97. The quantitative estimate of drug-likeness (QED) is 0.641. The Balaban J connectivity index is 0.00000150. The number of nitrogens with two attached hydrogens (primary N) is 2. The lowest BCUT2D eigenvalue weighted by Crippen LogP contribution is -2.45. The third-order valence-corrected chi connectivity index (χ3v) is 6.34. The molecular weight excluding hydrogens is 414 g/mol. The number of anilines is 1. The topological polar surface area (TPSA) is 170 Å². The lowest BCUT2D eigenvalue weighted by atomic mass is 10.1. The molecule has 2 aliphatic rings. The molecule has 0 saturated carbocycles. The average molecular weight is 438 g/mol. The van der Waals surface area contributed by atoms with Crippen molar-refractivity contribution in [1.82, 2.24) is 9.97 Å². The fraction of sp³-hybridized carbons (Fsp3) is 0.316. The van der Waals surface area contributed by atoms with Crippen molar-refractivity contribution in [2.45, 2.75) is 24.9 Å². The molecule has 1 aromatic carbocycles. The van der Waals surface area contributed by atoms with Crippen LogP contribution in [0.15, 0.2) is 24.4 Å². The number of benzene rings is 1. The number of carbonyl (C=O) groups excluding carboxylic acids is 1. The van der Waals surface area contributed by atoms with Gasteiger partial charge in [0.1, 0.15) is 11.5 Å². The normalized spacial score (nSPS) is 20.0. The van der Waals surface area contributed by atoms with Gasteiger partial charge < -0.3 is 27.7 Å². The summed E-state index contributed by atoms with van der Waals surface area (Å²) in [5.74, 6) is 1.99. The number of carbonyl (C=O) groups is 1. The Hall–Kier alpha value is -2.17. The molecule has 0 unspecified atom stereocenters. The van der Waals surface area contributed by atoms with Crippen LogP contribution in [0.4, 0.5) is 5.82 Å². The maximum absolute atomic E-state index is 11.9. The standard InChI is InChI=1S/C19H20ClN5OS.2H2O/c20-13-3-1-2-10-6-11(7-12(10)13)17-18(19(22)26)23-8-16(25-17)24-15-9-27-5-4-14(15)21;;/h1-3,7-8,14-15H,4-6,9,21H2,(H2,22,26)(H,24,25);2*1H2/t14-,15+;;/m0../s1. The van der Waals surface area contributed by atoms with E-state index in [-0.39, 0.29) is 28.7 Å². The molecule has 1 fully saturated rings. The number of nitrogens with zero attached hydrogens (tertiary/aromatic N) is 2. The van der Waals surface area contributed by atoms with Crippen LogP contribution in [-0.2, 0) is 6.42 Å². The zero-order chi connectivity index (χ0) is 19.0. The van der Waals surface area contributed by atoms with Crippen LogP contribution in [0.25, 0.3) is 11.6 Å². The van der Waals surface area contributed by atoms with Crippen LogP contribution < -0.4 is 16.8 Å². The fourth-order valence-electron chi connectivity index (χ4n) is 3.44. The summed E-state index contributed by atoms with van der Waals surface area (Å²) in [6.07, 6.45) is 5.10. The second kappa shape index (κ2) is 9.55. The van der Waals surface area contributed by atoms with E-state index >= 15 is 0 Å². The number of halogens is 1. The highest BCUT2D eigenvalue weighted by Gasteiger charge is 2.25. The van der Waals surface area contributed by atoms with Crippen molar-refractivity contribution < 1.29 is 15.7 Å². The van der Waals surface area contributed by atoms with E-state index in [1.807, 2.05) is 36.0 Å². The first kappa shape index (κ1) is 23.1. The van der Waals surface area contributed by atoms with Crippen molar-refractivity contribution in [3.8, 4) is 0 Å². The minimum Gasteiger partial charge on any atom is -0.412 e. The Bertz CT molecular complexity index is 940. The van der Waals surface area contributed by atoms with Gasteiger partial charge in [-0.1, -0.05) is 23.7 Å². The van der Waals surface area contributed by atoms with Gasteiger partial charge in [-0.3, -0.25) is 4.79 Å². The Morgan fingerprint density at radius 3 is 2.79 bits per heavy atom. The highest BCUT2D eigenvalue weighted by atomic mass is 35.5. The largest absolute Gasteiger partial charge is 0.412 e. The zero-order valence-electron chi connectivity index (χ0n) is 15.6. The Morgan fingerprint density at radius 2 is 2.10 bits per heavy atom. The molecule has 4 rings (SSSR count). The Labute approximate surface area is 177 Å². The van der Waals surface area contributed by atoms with Crippen LogP contribution in [0.1, 0.15) is 33.7 Å². The second-order valence-electron chi connectivity index (χ2n) is 6.75. The lowest BCUT2D eigenvalue weighted by molar-refractivity contribution is 0.0995. The van der Waals surface area contributed by atoms with E-state index in [1.165, 1.54) is 0 Å². The minimum atomic E-state index is -0.600. The molecule has 0 spiro atoms. The summed E-state index contributed by atoms with van der Waals surface area (Å²) >= 11 is 8.17. The van der Waals surface area contributed by atoms with Gasteiger partial charge in [0, 0.05) is 23.2 Å². The first-order chi connectivity index (χ1) is 13.0. The van der Waals surface area contributed by atoms with Gasteiger partial charge in [-0.2, -0.15) is 11.8 Å². The number of hydrogen-bond acceptors (Lipinski definition) is 6. The summed E-state index contributed by atoms with van der Waals surface area (Å²) in [6.45, 7) is 0. The highest BCUT2D eigenvalue weighted by Crippen LogP contribution is 2.36. The van der Waals surface area contributed by atoms with Crippen molar-refractivity contribution in [2.24, 2.45) is 11.5 Å². The van der Waals surface area contributed by atoms with E-state index in [9.17, 15) is 4.79 Å². The van der Waals surface area contributed by atoms with Crippen LogP contribution in [0.3, 0.4) is 0 Å². The van der Waals surface area contributed by atoms with Crippen molar-refractivity contribution in [2.75, 3.05) is 16.8 Å². The molecule has 9 N–H and O–H groups in total. The minimum absolute atomic E-state index is 0. The van der Waals surface area contributed by atoms with Crippen molar-refractivity contribution >= 4 is 46.7 Å². The van der Waals surface area contributed by atoms with E-state index < -0.39 is 5.91 Å². The van der Waals surface area contributed by atoms with Gasteiger partial charge in [-0.25, -0.2) is 9.97 Å². The number of amides is 1. The zero-order valence-corrected chi connectivity index (χ0v) is 17.2. The van der Waals surface area contributed by atoms with Gasteiger partial charge in [-0.05, 0) is 41.0 Å². The van der Waals surface area contributed by atoms with Crippen molar-refractivity contribution in [3.05, 3.63) is 51.9 Å². The number of fused-ring (bicyclic) bond motifs is 1. The molecule has 2 aromatic rings. The molecule has 8 nitrogen and oxygen atoms in total. The van der Waals surface area contributed by atoms with E-state index in [2.05, 4.69) is 15.3 Å². The van der Waals surface area contributed by atoms with Crippen LogP contribution in [0.2, 0.25) is 5.02 Å². The molecule has 29 heavy (non-hydrogen) atoms. The van der Waals surface area contributed by atoms with Gasteiger partial charge in [0.25, 0.3) is 5.91 Å². The predicted molar refractivity (Wildman–Crippen MR) is 118 cm³/mol. The highest BCUT2D eigenvalue weighted by molar-refractivity contribution is 7.99. The van der Waals surface area contributed by atoms with E-state index in [1.54, 1.807) is 6.20 Å². The van der Waals surface area contributed by atoms with Crippen LogP contribution in [0.5, 0.6) is 0 Å². The third kappa shape index (κ3) is 4.71. The Kier molecular flexibility index (Phi) is 7.61. The molecule has 1 aliphatic carbocycles. The molecule has 1 amide bonds. The maximum Gasteiger partial charge on any atom is 0.269 e. The van der Waals surface area contributed by atoms with Crippen LogP contribution >= 0.6 is 23.4 Å². The van der Waals surface area contributed by atoms with Crippen molar-refractivity contribution in [1.29, 1.82) is 0 Å². The van der Waals surface area contributed by atoms with E-state index in [0.717, 1.165) is 34.6 Å². The summed E-state index contributed by atoms with van der Waals surface area (Å²) in [7, 11) is 0. The molecule has 1 aromatic heterocycles. The second-order valence-corrected chi connectivity index (χ2v) is 8.31. The summed E-state index contributed by atoms with van der Waals surface area (Å²) in [5.41, 5.74) is 15.3. The number of thioether (sulfide) groups is 1. The van der Waals surface area contributed by atoms with Gasteiger partial charge in [0.15, 0.2) is 5.69 Å². The molecular formula is C19H24ClN5O3S. The number of allylic oxidation sites excluding steroid dienone is 1. The lowest BCUT2D eigenvalue weighted by Gasteiger charge is -2.29. The molecule has 1 saturated heterocycles. The molecule has 0 radical (unpaired) electrons. The van der Waals surface area contributed by atoms with E-state index in [4.69, 9.17) is 23.1 Å². The molecule has 0 bridgehead atoms. The Morgan fingerprint density at radius 1 is 1.31 bits per heavy atom.